The minimum atomic E-state index is 0.785. The fraction of sp³-hybridized carbons (Fsp3) is 0.538. The summed E-state index contributed by atoms with van der Waals surface area (Å²) in [6, 6.07) is 10.7. The maximum atomic E-state index is 3.64. The van der Waals surface area contributed by atoms with Gasteiger partial charge < -0.3 is 4.90 Å². The number of hydrogen-bond acceptors (Lipinski definition) is 1. The highest BCUT2D eigenvalue weighted by atomic mass is 79.9. The normalized spacial score (nSPS) is 25.3. The van der Waals surface area contributed by atoms with Crippen molar-refractivity contribution in [2.45, 2.75) is 24.2 Å². The third-order valence-corrected chi connectivity index (χ3v) is 3.79. The van der Waals surface area contributed by atoms with Crippen molar-refractivity contribution in [3.05, 3.63) is 35.9 Å². The van der Waals surface area contributed by atoms with E-state index in [9.17, 15) is 0 Å². The largest absolute Gasteiger partial charge is 0.302 e. The molecule has 0 atom stereocenters. The lowest BCUT2D eigenvalue weighted by molar-refractivity contribution is 0.208. The van der Waals surface area contributed by atoms with Crippen LogP contribution in [0.25, 0.3) is 0 Å². The van der Waals surface area contributed by atoms with Gasteiger partial charge in [-0.3, -0.25) is 0 Å². The number of halogens is 1. The lowest BCUT2D eigenvalue weighted by atomic mass is 9.85. The van der Waals surface area contributed by atoms with Crippen LogP contribution < -0.4 is 0 Å². The van der Waals surface area contributed by atoms with Crippen LogP contribution in [0.4, 0.5) is 0 Å². The molecule has 0 bridgehead atoms. The topological polar surface area (TPSA) is 3.24 Å². The van der Waals surface area contributed by atoms with Gasteiger partial charge in [-0.1, -0.05) is 46.3 Å². The van der Waals surface area contributed by atoms with E-state index in [4.69, 9.17) is 0 Å². The smallest absolute Gasteiger partial charge is 0.0230 e. The minimum Gasteiger partial charge on any atom is -0.302 e. The summed E-state index contributed by atoms with van der Waals surface area (Å²) in [5.41, 5.74) is 1.41. The SMILES string of the molecule is CN(Cc1ccccc1)CC1CC(Br)C1. The Balaban J connectivity index is 1.75. The van der Waals surface area contributed by atoms with Crippen LogP contribution in [-0.4, -0.2) is 23.3 Å². The molecule has 0 radical (unpaired) electrons. The molecule has 15 heavy (non-hydrogen) atoms. The van der Waals surface area contributed by atoms with Gasteiger partial charge in [-0.25, -0.2) is 0 Å². The van der Waals surface area contributed by atoms with Gasteiger partial charge in [-0.15, -0.1) is 0 Å². The molecule has 0 aromatic heterocycles. The second kappa shape index (κ2) is 5.13. The summed E-state index contributed by atoms with van der Waals surface area (Å²) in [5.74, 6) is 0.906. The summed E-state index contributed by atoms with van der Waals surface area (Å²) in [5, 5.41) is 0. The van der Waals surface area contributed by atoms with Gasteiger partial charge in [0.15, 0.2) is 0 Å². The predicted octanol–water partition coefficient (Wildman–Crippen LogP) is 3.29. The molecule has 0 unspecified atom stereocenters. The second-order valence-corrected chi connectivity index (χ2v) is 5.91. The molecule has 0 N–H and O–H groups in total. The molecule has 2 rings (SSSR count). The van der Waals surface area contributed by atoms with Crippen molar-refractivity contribution >= 4 is 15.9 Å². The Morgan fingerprint density at radius 1 is 1.27 bits per heavy atom. The lowest BCUT2D eigenvalue weighted by Crippen LogP contribution is -2.34. The van der Waals surface area contributed by atoms with Crippen LogP contribution >= 0.6 is 15.9 Å². The summed E-state index contributed by atoms with van der Waals surface area (Å²) < 4.78 is 0. The molecule has 1 fully saturated rings. The van der Waals surface area contributed by atoms with Crippen LogP contribution in [0.5, 0.6) is 0 Å². The van der Waals surface area contributed by atoms with E-state index in [1.165, 1.54) is 24.9 Å². The van der Waals surface area contributed by atoms with Gasteiger partial charge in [0.05, 0.1) is 0 Å². The molecule has 2 heteroatoms. The summed E-state index contributed by atoms with van der Waals surface area (Å²) in [4.78, 5) is 3.21. The predicted molar refractivity (Wildman–Crippen MR) is 68.2 cm³/mol. The standard InChI is InChI=1S/C13H18BrN/c1-15(10-12-7-13(14)8-12)9-11-5-3-2-4-6-11/h2-6,12-13H,7-10H2,1H3. The zero-order valence-electron chi connectivity index (χ0n) is 9.20. The van der Waals surface area contributed by atoms with E-state index < -0.39 is 0 Å². The number of benzene rings is 1. The quantitative estimate of drug-likeness (QED) is 0.757. The average molecular weight is 268 g/mol. The summed E-state index contributed by atoms with van der Waals surface area (Å²) in [6.07, 6.45) is 2.69. The first-order valence-corrected chi connectivity index (χ1v) is 6.52. The van der Waals surface area contributed by atoms with Crippen molar-refractivity contribution in [1.82, 2.24) is 4.90 Å². The Morgan fingerprint density at radius 3 is 2.53 bits per heavy atom. The number of rotatable bonds is 4. The molecule has 1 aromatic rings. The van der Waals surface area contributed by atoms with Gasteiger partial charge in [0.1, 0.15) is 0 Å². The molecule has 0 heterocycles. The Morgan fingerprint density at radius 2 is 1.93 bits per heavy atom. The van der Waals surface area contributed by atoms with Gasteiger partial charge in [0.25, 0.3) is 0 Å². The first kappa shape index (κ1) is 11.2. The molecule has 1 nitrogen and oxygen atoms in total. The highest BCUT2D eigenvalue weighted by Crippen LogP contribution is 2.33. The fourth-order valence-corrected chi connectivity index (χ4v) is 3.26. The van der Waals surface area contributed by atoms with Crippen molar-refractivity contribution in [3.8, 4) is 0 Å². The van der Waals surface area contributed by atoms with Crippen LogP contribution in [-0.2, 0) is 6.54 Å². The first-order valence-electron chi connectivity index (χ1n) is 5.60. The van der Waals surface area contributed by atoms with E-state index in [1.54, 1.807) is 0 Å². The maximum absolute atomic E-state index is 3.64. The van der Waals surface area contributed by atoms with Crippen molar-refractivity contribution < 1.29 is 0 Å². The molecule has 1 saturated carbocycles. The molecule has 0 amide bonds. The zero-order valence-corrected chi connectivity index (χ0v) is 10.8. The van der Waals surface area contributed by atoms with Gasteiger partial charge in [-0.2, -0.15) is 0 Å². The van der Waals surface area contributed by atoms with Crippen LogP contribution in [0.1, 0.15) is 18.4 Å². The number of hydrogen-bond donors (Lipinski definition) is 0. The zero-order chi connectivity index (χ0) is 10.7. The molecule has 1 aliphatic carbocycles. The van der Waals surface area contributed by atoms with Crippen molar-refractivity contribution in [2.24, 2.45) is 5.92 Å². The van der Waals surface area contributed by atoms with Crippen LogP contribution in [0.2, 0.25) is 0 Å². The first-order chi connectivity index (χ1) is 7.24. The Labute approximate surface area is 101 Å². The van der Waals surface area contributed by atoms with Crippen LogP contribution in [0, 0.1) is 5.92 Å². The molecular weight excluding hydrogens is 250 g/mol. The molecule has 82 valence electrons. The van der Waals surface area contributed by atoms with Crippen LogP contribution in [0.15, 0.2) is 30.3 Å². The Kier molecular flexibility index (Phi) is 3.81. The Bertz CT molecular complexity index is 293. The van der Waals surface area contributed by atoms with Crippen molar-refractivity contribution in [1.29, 1.82) is 0 Å². The minimum absolute atomic E-state index is 0.785. The summed E-state index contributed by atoms with van der Waals surface area (Å²) in [6.45, 7) is 2.31. The molecule has 0 spiro atoms. The van der Waals surface area contributed by atoms with E-state index in [0.29, 0.717) is 0 Å². The van der Waals surface area contributed by atoms with E-state index in [2.05, 4.69) is 58.2 Å². The van der Waals surface area contributed by atoms with Gasteiger partial charge >= 0.3 is 0 Å². The number of alkyl halides is 1. The lowest BCUT2D eigenvalue weighted by Gasteiger charge is -2.34. The maximum Gasteiger partial charge on any atom is 0.0230 e. The summed E-state index contributed by atoms with van der Waals surface area (Å²) >= 11 is 3.64. The number of nitrogens with zero attached hydrogens (tertiary/aromatic N) is 1. The van der Waals surface area contributed by atoms with Gasteiger partial charge in [0, 0.05) is 17.9 Å². The highest BCUT2D eigenvalue weighted by molar-refractivity contribution is 9.09. The molecular formula is C13H18BrN. The highest BCUT2D eigenvalue weighted by Gasteiger charge is 2.27. The molecule has 0 saturated heterocycles. The van der Waals surface area contributed by atoms with E-state index >= 15 is 0 Å². The molecule has 1 aliphatic rings. The monoisotopic (exact) mass is 267 g/mol. The summed E-state index contributed by atoms with van der Waals surface area (Å²) in [7, 11) is 2.22. The van der Waals surface area contributed by atoms with Crippen molar-refractivity contribution in [2.75, 3.05) is 13.6 Å². The van der Waals surface area contributed by atoms with E-state index in [0.717, 1.165) is 17.3 Å². The third-order valence-electron chi connectivity index (χ3n) is 3.04. The van der Waals surface area contributed by atoms with E-state index in [1.807, 2.05) is 0 Å². The van der Waals surface area contributed by atoms with Crippen molar-refractivity contribution in [3.63, 3.8) is 0 Å². The molecule has 1 aromatic carbocycles. The third kappa shape index (κ3) is 3.32. The van der Waals surface area contributed by atoms with Gasteiger partial charge in [-0.05, 0) is 31.4 Å². The molecule has 0 aliphatic heterocycles. The average Bonchev–Trinajstić information content (AvgIpc) is 2.17. The second-order valence-electron chi connectivity index (χ2n) is 4.62. The fourth-order valence-electron chi connectivity index (χ4n) is 2.20. The Hall–Kier alpha value is -0.340. The van der Waals surface area contributed by atoms with Gasteiger partial charge in [0.2, 0.25) is 0 Å². The van der Waals surface area contributed by atoms with Crippen LogP contribution in [0.3, 0.4) is 0 Å². The van der Waals surface area contributed by atoms with E-state index in [-0.39, 0.29) is 0 Å².